The second kappa shape index (κ2) is 22.5. The number of rotatable bonds is 19. The third-order valence-electron chi connectivity index (χ3n) is 8.72. The lowest BCUT2D eigenvalue weighted by atomic mass is 9.82. The van der Waals surface area contributed by atoms with E-state index >= 15 is 0 Å². The van der Waals surface area contributed by atoms with Crippen molar-refractivity contribution < 1.29 is 61.2 Å². The summed E-state index contributed by atoms with van der Waals surface area (Å²) in [7, 11) is 0. The van der Waals surface area contributed by atoms with E-state index in [-0.39, 0.29) is 37.9 Å². The fourth-order valence-electron chi connectivity index (χ4n) is 5.96. The molecule has 0 aliphatic rings. The molecule has 3 atom stereocenters. The Balaban J connectivity index is 0.00000151. The van der Waals surface area contributed by atoms with E-state index in [2.05, 4.69) is 10.6 Å². The number of carbonyl (C=O) groups is 5. The predicted molar refractivity (Wildman–Crippen MR) is 203 cm³/mol. The molecule has 0 unspecified atom stereocenters. The molecule has 9 N–H and O–H groups in total. The minimum Gasteiger partial charge on any atom is -0.480 e. The Hall–Kier alpha value is -5.40. The summed E-state index contributed by atoms with van der Waals surface area (Å²) in [6, 6.07) is 11.5. The Morgan fingerprint density at radius 1 is 0.931 bits per heavy atom. The van der Waals surface area contributed by atoms with Crippen molar-refractivity contribution in [2.75, 3.05) is 26.2 Å². The molecule has 19 heteroatoms. The quantitative estimate of drug-likeness (QED) is 0.0680. The molecule has 0 aliphatic carbocycles. The van der Waals surface area contributed by atoms with Gasteiger partial charge in [-0.1, -0.05) is 51.1 Å². The number of carboxylic acids is 2. The number of amides is 3. The van der Waals surface area contributed by atoms with Gasteiger partial charge in [0.2, 0.25) is 17.7 Å². The number of hydrogen-bond donors (Lipinski definition) is 7. The van der Waals surface area contributed by atoms with Crippen LogP contribution in [0.15, 0.2) is 60.8 Å². The topological polar surface area (TPSA) is 230 Å². The number of aliphatic hydroxyl groups excluding tert-OH is 1. The molecular formula is C39H51F5N6O8. The fourth-order valence-corrected chi connectivity index (χ4v) is 5.96. The highest BCUT2D eigenvalue weighted by molar-refractivity contribution is 5.85. The summed E-state index contributed by atoms with van der Waals surface area (Å²) in [6.45, 7) is 5.52. The van der Waals surface area contributed by atoms with E-state index in [0.717, 1.165) is 23.8 Å². The zero-order valence-corrected chi connectivity index (χ0v) is 32.4. The summed E-state index contributed by atoms with van der Waals surface area (Å²) in [5.41, 5.74) is 13.0. The van der Waals surface area contributed by atoms with Gasteiger partial charge in [-0.15, -0.1) is 0 Å². The molecule has 0 radical (unpaired) electrons. The van der Waals surface area contributed by atoms with Crippen molar-refractivity contribution in [3.63, 3.8) is 0 Å². The third-order valence-corrected chi connectivity index (χ3v) is 8.72. The van der Waals surface area contributed by atoms with E-state index in [1.165, 1.54) is 4.90 Å². The lowest BCUT2D eigenvalue weighted by Gasteiger charge is -2.41. The summed E-state index contributed by atoms with van der Waals surface area (Å²) in [4.78, 5) is 60.5. The van der Waals surface area contributed by atoms with Crippen LogP contribution in [0.5, 0.6) is 0 Å². The summed E-state index contributed by atoms with van der Waals surface area (Å²) in [5, 5.41) is 31.6. The number of alkyl halides is 3. The van der Waals surface area contributed by atoms with Gasteiger partial charge in [-0.3, -0.25) is 14.4 Å². The van der Waals surface area contributed by atoms with Gasteiger partial charge < -0.3 is 46.9 Å². The monoisotopic (exact) mass is 826 g/mol. The van der Waals surface area contributed by atoms with Crippen LogP contribution >= 0.6 is 0 Å². The van der Waals surface area contributed by atoms with Gasteiger partial charge in [0, 0.05) is 49.1 Å². The van der Waals surface area contributed by atoms with E-state index in [9.17, 15) is 51.3 Å². The summed E-state index contributed by atoms with van der Waals surface area (Å²) in [5.74, 6) is -6.89. The number of aliphatic carboxylic acids is 2. The van der Waals surface area contributed by atoms with E-state index in [0.29, 0.717) is 37.2 Å². The molecule has 2 aromatic carbocycles. The highest BCUT2D eigenvalue weighted by atomic mass is 19.4. The van der Waals surface area contributed by atoms with Gasteiger partial charge in [0.1, 0.15) is 24.3 Å². The number of benzene rings is 2. The Kier molecular flexibility index (Phi) is 18.9. The van der Waals surface area contributed by atoms with Crippen molar-refractivity contribution in [3.8, 4) is 11.1 Å². The molecule has 0 saturated carbocycles. The van der Waals surface area contributed by atoms with Crippen LogP contribution in [0.4, 0.5) is 22.0 Å². The van der Waals surface area contributed by atoms with Crippen LogP contribution < -0.4 is 22.1 Å². The average Bonchev–Trinajstić information content (AvgIpc) is 3.55. The zero-order valence-electron chi connectivity index (χ0n) is 32.4. The number of unbranched alkanes of at least 4 members (excludes halogenated alkanes) is 1. The molecule has 0 aliphatic heterocycles. The van der Waals surface area contributed by atoms with E-state index < -0.39 is 77.6 Å². The fraction of sp³-hybridized carbons (Fsp3) is 0.462. The number of aromatic nitrogens is 1. The largest absolute Gasteiger partial charge is 0.490 e. The minimum atomic E-state index is -5.08. The number of halogens is 5. The molecule has 3 aromatic rings. The van der Waals surface area contributed by atoms with Gasteiger partial charge >= 0.3 is 18.1 Å². The highest BCUT2D eigenvalue weighted by Crippen LogP contribution is 2.41. The first-order valence-corrected chi connectivity index (χ1v) is 18.3. The van der Waals surface area contributed by atoms with Gasteiger partial charge in [-0.25, -0.2) is 18.4 Å². The average molecular weight is 827 g/mol. The zero-order chi connectivity index (χ0) is 43.8. The summed E-state index contributed by atoms with van der Waals surface area (Å²) in [6.07, 6.45) is -2.17. The molecule has 3 rings (SSSR count). The normalized spacial score (nSPS) is 13.0. The van der Waals surface area contributed by atoms with Crippen molar-refractivity contribution in [2.45, 2.75) is 83.7 Å². The number of aliphatic hydroxyl groups is 1. The molecule has 1 heterocycles. The van der Waals surface area contributed by atoms with Crippen LogP contribution in [0.1, 0.15) is 70.2 Å². The molecule has 0 spiro atoms. The summed E-state index contributed by atoms with van der Waals surface area (Å²) < 4.78 is 62.9. The lowest BCUT2D eigenvalue weighted by Crippen LogP contribution is -2.48. The van der Waals surface area contributed by atoms with Crippen molar-refractivity contribution in [1.82, 2.24) is 20.1 Å². The molecule has 0 fully saturated rings. The minimum absolute atomic E-state index is 0.0106. The molecule has 3 amide bonds. The lowest BCUT2D eigenvalue weighted by molar-refractivity contribution is -0.192. The van der Waals surface area contributed by atoms with Crippen molar-refractivity contribution >= 4 is 29.7 Å². The molecule has 320 valence electrons. The van der Waals surface area contributed by atoms with Crippen molar-refractivity contribution in [1.29, 1.82) is 0 Å². The van der Waals surface area contributed by atoms with Gasteiger partial charge in [-0.05, 0) is 67.5 Å². The highest BCUT2D eigenvalue weighted by Gasteiger charge is 2.39. The van der Waals surface area contributed by atoms with E-state index in [1.807, 2.05) is 55.7 Å². The Morgan fingerprint density at radius 3 is 2.12 bits per heavy atom. The van der Waals surface area contributed by atoms with Crippen LogP contribution in [0.3, 0.4) is 0 Å². The molecule has 0 saturated heterocycles. The number of hydrogen-bond acceptors (Lipinski definition) is 8. The maximum Gasteiger partial charge on any atom is 0.490 e. The number of nitrogens with two attached hydrogens (primary N) is 2. The number of nitrogens with one attached hydrogen (secondary N) is 2. The molecule has 1 aromatic heterocycles. The molecule has 58 heavy (non-hydrogen) atoms. The first-order chi connectivity index (χ1) is 27.1. The van der Waals surface area contributed by atoms with Gasteiger partial charge in [0.25, 0.3) is 0 Å². The smallest absolute Gasteiger partial charge is 0.480 e. The molecule has 14 nitrogen and oxygen atoms in total. The van der Waals surface area contributed by atoms with Crippen molar-refractivity contribution in [3.05, 3.63) is 83.7 Å². The first kappa shape index (κ1) is 48.7. The van der Waals surface area contributed by atoms with Crippen LogP contribution in [0.2, 0.25) is 0 Å². The Labute approximate surface area is 332 Å². The van der Waals surface area contributed by atoms with Crippen LogP contribution in [0, 0.1) is 17.0 Å². The molecular weight excluding hydrogens is 775 g/mol. The SMILES string of the molecule is CC(C)(C)[C@H](c1cc(-c2cc(F)ccc2F)cn1Cc1ccccc1)N(CC[C@H](N)C(=O)NCCC(=O)N[C@@H](CCCCN)C(=O)O)C(=O)CO.O=C(O)C(F)(F)F. The Bertz CT molecular complexity index is 1830. The maximum atomic E-state index is 15.0. The van der Waals surface area contributed by atoms with Gasteiger partial charge in [0.15, 0.2) is 0 Å². The second-order valence-electron chi connectivity index (χ2n) is 14.4. The van der Waals surface area contributed by atoms with Crippen LogP contribution in [0.25, 0.3) is 11.1 Å². The van der Waals surface area contributed by atoms with E-state index in [1.54, 1.807) is 12.3 Å². The number of carbonyl (C=O) groups excluding carboxylic acids is 3. The first-order valence-electron chi connectivity index (χ1n) is 18.3. The van der Waals surface area contributed by atoms with Gasteiger partial charge in [0.05, 0.1) is 12.1 Å². The van der Waals surface area contributed by atoms with Gasteiger partial charge in [-0.2, -0.15) is 13.2 Å². The maximum absolute atomic E-state index is 15.0. The van der Waals surface area contributed by atoms with Crippen LogP contribution in [-0.2, 0) is 30.5 Å². The Morgan fingerprint density at radius 2 is 1.57 bits per heavy atom. The van der Waals surface area contributed by atoms with Crippen LogP contribution in [-0.4, -0.2) is 98.9 Å². The number of carboxylic acid groups (broad SMARTS) is 2. The molecule has 0 bridgehead atoms. The van der Waals surface area contributed by atoms with Crippen molar-refractivity contribution in [2.24, 2.45) is 16.9 Å². The standard InChI is InChI=1S/C37H50F2N6O6.C2HF3O2/c1-37(2,3)34(31-19-25(27-20-26(38)12-13-28(27)39)22-44(31)21-24-9-5-4-6-10-24)45(33(48)23-46)18-15-29(41)35(49)42-17-14-32(47)43-30(36(50)51)11-7-8-16-40;3-2(4,5)1(6)7/h4-6,9-10,12-13,19-20,22,29-30,34,46H,7-8,11,14-18,21,23,40-41H2,1-3H3,(H,42,49)(H,43,47)(H,50,51);(H,6,7)/t29-,30-,34-;/m0./s1. The van der Waals surface area contributed by atoms with E-state index in [4.69, 9.17) is 21.4 Å². The summed E-state index contributed by atoms with van der Waals surface area (Å²) >= 11 is 0. The second-order valence-corrected chi connectivity index (χ2v) is 14.4. The number of nitrogens with zero attached hydrogens (tertiary/aromatic N) is 2. The third kappa shape index (κ3) is 15.5. The predicted octanol–water partition coefficient (Wildman–Crippen LogP) is 3.95.